The second kappa shape index (κ2) is 5.67. The Labute approximate surface area is 149 Å². The summed E-state index contributed by atoms with van der Waals surface area (Å²) in [6, 6.07) is 4.40. The fourth-order valence-electron chi connectivity index (χ4n) is 3.06. The Balaban J connectivity index is 1.69. The summed E-state index contributed by atoms with van der Waals surface area (Å²) in [5, 5.41) is 12.5. The van der Waals surface area contributed by atoms with Crippen LogP contribution in [0.5, 0.6) is 0 Å². The molecular formula is C16H12F3N5OS. The van der Waals surface area contributed by atoms with Gasteiger partial charge in [0.2, 0.25) is 0 Å². The molecule has 0 radical (unpaired) electrons. The van der Waals surface area contributed by atoms with Gasteiger partial charge < -0.3 is 0 Å². The maximum Gasteiger partial charge on any atom is 0.435 e. The average molecular weight is 379 g/mol. The third-order valence-corrected chi connectivity index (χ3v) is 5.32. The number of halogens is 3. The Morgan fingerprint density at radius 1 is 1.46 bits per heavy atom. The van der Waals surface area contributed by atoms with E-state index in [1.165, 1.54) is 28.0 Å². The monoisotopic (exact) mass is 379 g/mol. The molecule has 3 aromatic heterocycles. The Hall–Kier alpha value is -2.67. The quantitative estimate of drug-likeness (QED) is 0.701. The van der Waals surface area contributed by atoms with Crippen LogP contribution < -0.4 is 5.56 Å². The van der Waals surface area contributed by atoms with Crippen LogP contribution in [0.1, 0.15) is 34.3 Å². The van der Waals surface area contributed by atoms with Crippen LogP contribution in [-0.2, 0) is 12.7 Å². The largest absolute Gasteiger partial charge is 0.435 e. The highest BCUT2D eigenvalue weighted by Gasteiger charge is 2.42. The van der Waals surface area contributed by atoms with E-state index in [0.717, 1.165) is 27.7 Å². The molecule has 1 aliphatic rings. The van der Waals surface area contributed by atoms with Gasteiger partial charge in [0.15, 0.2) is 10.7 Å². The van der Waals surface area contributed by atoms with Gasteiger partial charge in [-0.05, 0) is 19.4 Å². The van der Waals surface area contributed by atoms with Crippen molar-refractivity contribution in [3.8, 4) is 6.07 Å². The van der Waals surface area contributed by atoms with Crippen LogP contribution in [0.2, 0.25) is 0 Å². The normalized spacial score (nSPS) is 19.7. The van der Waals surface area contributed by atoms with Gasteiger partial charge >= 0.3 is 6.18 Å². The molecular weight excluding hydrogens is 367 g/mol. The summed E-state index contributed by atoms with van der Waals surface area (Å²) in [4.78, 5) is 18.4. The van der Waals surface area contributed by atoms with E-state index in [2.05, 4.69) is 16.2 Å². The van der Waals surface area contributed by atoms with E-state index in [-0.39, 0.29) is 23.9 Å². The maximum absolute atomic E-state index is 12.6. The van der Waals surface area contributed by atoms with Gasteiger partial charge in [-0.25, -0.2) is 4.98 Å². The van der Waals surface area contributed by atoms with E-state index < -0.39 is 11.9 Å². The summed E-state index contributed by atoms with van der Waals surface area (Å²) in [7, 11) is 0. The Bertz CT molecular complexity index is 1100. The van der Waals surface area contributed by atoms with Gasteiger partial charge in [0.25, 0.3) is 5.56 Å². The molecule has 2 atom stereocenters. The Kier molecular flexibility index (Phi) is 3.66. The minimum Gasteiger partial charge on any atom is -0.269 e. The highest BCUT2D eigenvalue weighted by molar-refractivity contribution is 7.17. The molecule has 1 fully saturated rings. The predicted octanol–water partition coefficient (Wildman–Crippen LogP) is 2.96. The molecule has 6 nitrogen and oxygen atoms in total. The maximum atomic E-state index is 12.6. The average Bonchev–Trinajstić information content (AvgIpc) is 3.01. The van der Waals surface area contributed by atoms with Crippen LogP contribution in [0.4, 0.5) is 13.2 Å². The zero-order valence-corrected chi connectivity index (χ0v) is 14.3. The highest BCUT2D eigenvalue weighted by atomic mass is 32.1. The van der Waals surface area contributed by atoms with E-state index in [9.17, 15) is 18.0 Å². The molecule has 1 aliphatic carbocycles. The zero-order valence-electron chi connectivity index (χ0n) is 13.5. The fourth-order valence-corrected chi connectivity index (χ4v) is 4.12. The van der Waals surface area contributed by atoms with Crippen molar-refractivity contribution in [3.05, 3.63) is 50.6 Å². The third kappa shape index (κ3) is 2.78. The summed E-state index contributed by atoms with van der Waals surface area (Å²) >= 11 is 1.34. The number of nitrogens with zero attached hydrogens (tertiary/aromatic N) is 5. The number of rotatable bonds is 3. The molecule has 0 amide bonds. The van der Waals surface area contributed by atoms with Gasteiger partial charge in [-0.2, -0.15) is 23.5 Å². The predicted molar refractivity (Wildman–Crippen MR) is 86.9 cm³/mol. The lowest BCUT2D eigenvalue weighted by Crippen LogP contribution is -2.18. The first-order valence-electron chi connectivity index (χ1n) is 7.80. The van der Waals surface area contributed by atoms with Gasteiger partial charge in [-0.15, -0.1) is 11.3 Å². The molecule has 0 N–H and O–H groups in total. The standard InChI is InChI=1S/C16H12F3N5OS/c1-8-14(11-4-9(11)6-20)24-13(25)5-10(21-15(24)26-8)7-23-3-2-12(22-23)16(17,18)19/h2-3,5,9,11H,4,7H2,1H3. The van der Waals surface area contributed by atoms with Crippen LogP contribution in [-0.4, -0.2) is 19.2 Å². The number of thiazole rings is 1. The van der Waals surface area contributed by atoms with E-state index in [1.807, 2.05) is 6.92 Å². The molecule has 3 heterocycles. The number of alkyl halides is 3. The van der Waals surface area contributed by atoms with Crippen LogP contribution in [0.25, 0.3) is 4.96 Å². The SMILES string of the molecule is Cc1sc2nc(Cn3ccc(C(F)(F)F)n3)cc(=O)n2c1C1CC1C#N. The number of hydrogen-bond donors (Lipinski definition) is 0. The number of fused-ring (bicyclic) bond motifs is 1. The van der Waals surface area contributed by atoms with Crippen molar-refractivity contribution in [2.45, 2.75) is 32.0 Å². The van der Waals surface area contributed by atoms with Crippen LogP contribution in [0.3, 0.4) is 0 Å². The first kappa shape index (κ1) is 16.8. The lowest BCUT2D eigenvalue weighted by molar-refractivity contribution is -0.141. The molecule has 134 valence electrons. The van der Waals surface area contributed by atoms with Crippen molar-refractivity contribution in [2.75, 3.05) is 0 Å². The third-order valence-electron chi connectivity index (χ3n) is 4.35. The second-order valence-corrected chi connectivity index (χ2v) is 7.40. The molecule has 0 saturated heterocycles. The van der Waals surface area contributed by atoms with Crippen LogP contribution >= 0.6 is 11.3 Å². The summed E-state index contributed by atoms with van der Waals surface area (Å²) in [5.41, 5.74) is -0.122. The van der Waals surface area contributed by atoms with E-state index in [1.54, 1.807) is 0 Å². The second-order valence-electron chi connectivity index (χ2n) is 6.22. The lowest BCUT2D eigenvalue weighted by atomic mass is 10.2. The van der Waals surface area contributed by atoms with Crippen LogP contribution in [0.15, 0.2) is 23.1 Å². The Morgan fingerprint density at radius 2 is 2.23 bits per heavy atom. The number of nitriles is 1. The lowest BCUT2D eigenvalue weighted by Gasteiger charge is -2.04. The van der Waals surface area contributed by atoms with E-state index in [0.29, 0.717) is 10.7 Å². The molecule has 0 bridgehead atoms. The van der Waals surface area contributed by atoms with Crippen LogP contribution in [0, 0.1) is 24.2 Å². The molecule has 4 rings (SSSR count). The summed E-state index contributed by atoms with van der Waals surface area (Å²) in [5.74, 6) is -0.0394. The van der Waals surface area contributed by atoms with Gasteiger partial charge in [-0.1, -0.05) is 0 Å². The van der Waals surface area contributed by atoms with Crippen molar-refractivity contribution < 1.29 is 13.2 Å². The van der Waals surface area contributed by atoms with E-state index in [4.69, 9.17) is 5.26 Å². The molecule has 26 heavy (non-hydrogen) atoms. The van der Waals surface area contributed by atoms with Crippen molar-refractivity contribution in [2.24, 2.45) is 5.92 Å². The minimum atomic E-state index is -4.51. The van der Waals surface area contributed by atoms with Gasteiger partial charge in [0.1, 0.15) is 0 Å². The molecule has 0 aromatic carbocycles. The first-order chi connectivity index (χ1) is 12.3. The fraction of sp³-hybridized carbons (Fsp3) is 0.375. The number of aryl methyl sites for hydroxylation is 1. The van der Waals surface area contributed by atoms with Gasteiger partial charge in [-0.3, -0.25) is 13.9 Å². The zero-order chi connectivity index (χ0) is 18.6. The van der Waals surface area contributed by atoms with Crippen molar-refractivity contribution in [1.82, 2.24) is 19.2 Å². The van der Waals surface area contributed by atoms with Crippen molar-refractivity contribution in [3.63, 3.8) is 0 Å². The van der Waals surface area contributed by atoms with Gasteiger partial charge in [0, 0.05) is 28.8 Å². The van der Waals surface area contributed by atoms with E-state index >= 15 is 0 Å². The summed E-state index contributed by atoms with van der Waals surface area (Å²) < 4.78 is 40.5. The van der Waals surface area contributed by atoms with Gasteiger partial charge in [0.05, 0.1) is 24.2 Å². The summed E-state index contributed by atoms with van der Waals surface area (Å²) in [6.07, 6.45) is -2.58. The topological polar surface area (TPSA) is 76.0 Å². The highest BCUT2D eigenvalue weighted by Crippen LogP contribution is 2.48. The minimum absolute atomic E-state index is 0.0294. The smallest absolute Gasteiger partial charge is 0.269 e. The molecule has 0 spiro atoms. The molecule has 2 unspecified atom stereocenters. The first-order valence-corrected chi connectivity index (χ1v) is 8.62. The Morgan fingerprint density at radius 3 is 2.85 bits per heavy atom. The summed E-state index contributed by atoms with van der Waals surface area (Å²) in [6.45, 7) is 1.85. The number of aromatic nitrogens is 4. The van der Waals surface area contributed by atoms with Crippen molar-refractivity contribution in [1.29, 1.82) is 5.26 Å². The molecule has 3 aromatic rings. The molecule has 0 aliphatic heterocycles. The number of hydrogen-bond acceptors (Lipinski definition) is 5. The van der Waals surface area contributed by atoms with Crippen molar-refractivity contribution >= 4 is 16.3 Å². The molecule has 10 heteroatoms. The molecule has 1 saturated carbocycles.